The number of aromatic nitrogens is 4. The summed E-state index contributed by atoms with van der Waals surface area (Å²) >= 11 is 2.37. The van der Waals surface area contributed by atoms with Gasteiger partial charge >= 0.3 is 17.1 Å². The third-order valence-electron chi connectivity index (χ3n) is 14.7. The summed E-state index contributed by atoms with van der Waals surface area (Å²) in [4.78, 5) is 22.6. The van der Waals surface area contributed by atoms with Crippen LogP contribution in [0.2, 0.25) is 0 Å². The maximum absolute atomic E-state index is 12.7. The van der Waals surface area contributed by atoms with Crippen molar-refractivity contribution in [1.29, 1.82) is 0 Å². The van der Waals surface area contributed by atoms with E-state index in [1.54, 1.807) is 0 Å². The fraction of sp³-hybridized carbons (Fsp3) is 0.353. The van der Waals surface area contributed by atoms with Gasteiger partial charge in [0.1, 0.15) is 0 Å². The molecule has 3 aromatic heterocycles. The van der Waals surface area contributed by atoms with Crippen LogP contribution in [-0.2, 0) is 49.6 Å². The molecule has 5 nitrogen and oxygen atoms in total. The molecule has 2 aliphatic heterocycles. The van der Waals surface area contributed by atoms with Crippen LogP contribution in [0, 0.1) is 3.57 Å². The van der Waals surface area contributed by atoms with E-state index in [2.05, 4.69) is 263 Å². The Labute approximate surface area is 471 Å². The van der Waals surface area contributed by atoms with Gasteiger partial charge in [-0.25, -0.2) is 9.97 Å². The van der Waals surface area contributed by atoms with Gasteiger partial charge < -0.3 is 15.1 Å². The Hall–Kier alpha value is -5.47. The van der Waals surface area contributed by atoms with Gasteiger partial charge in [-0.2, -0.15) is 0 Å². The molecule has 0 spiro atoms. The molecule has 0 saturated heterocycles. The van der Waals surface area contributed by atoms with E-state index in [0.717, 1.165) is 81.9 Å². The van der Waals surface area contributed by atoms with Crippen molar-refractivity contribution in [1.82, 2.24) is 19.9 Å². The van der Waals surface area contributed by atoms with Crippen LogP contribution in [-0.4, -0.2) is 15.1 Å². The molecular formula is C68H75CuIN4O. The van der Waals surface area contributed by atoms with Gasteiger partial charge in [0.05, 0.1) is 28.5 Å². The molecule has 75 heavy (non-hydrogen) atoms. The fourth-order valence-corrected chi connectivity index (χ4v) is 10.2. The average Bonchev–Trinajstić information content (AvgIpc) is 4.13. The zero-order chi connectivity index (χ0) is 53.8. The van der Waals surface area contributed by atoms with Crippen molar-refractivity contribution in [3.8, 4) is 50.3 Å². The van der Waals surface area contributed by atoms with Crippen LogP contribution >= 0.6 is 22.6 Å². The maximum atomic E-state index is 12.7. The van der Waals surface area contributed by atoms with Crippen molar-refractivity contribution in [3.05, 3.63) is 157 Å². The van der Waals surface area contributed by atoms with Gasteiger partial charge in [-0.1, -0.05) is 209 Å². The summed E-state index contributed by atoms with van der Waals surface area (Å²) in [5.74, 6) is 0.0830. The topological polar surface area (TPSA) is 74.2 Å². The standard InChI is InChI=1S/C68H75IN4O.Cu/c1-63(2,3)43-29-40(30-44(35-43)64(4,5)6)59-52-25-23-50(70-52)58(39-19-21-49(69)22-20-39)51-24-26-54(71-51)60(41-31-45(65(7,8)9)36-46(32-41)66(10,11)12)56-38-57(74)62(73-56)61(55-28-27-53(59)72-55)42-33-47(67(13,14)15)37-48(34-42)68(16,17)18;/h19-38H,1-18H3,(H-2,70,71,72,73,74);/q-2;+2. The van der Waals surface area contributed by atoms with Gasteiger partial charge in [0.2, 0.25) is 0 Å². The Bertz CT molecular complexity index is 3520. The molecule has 7 aromatic rings. The minimum absolute atomic E-state index is 0. The van der Waals surface area contributed by atoms with Gasteiger partial charge in [-0.3, -0.25) is 0 Å². The molecule has 8 bridgehead atoms. The van der Waals surface area contributed by atoms with Gasteiger partial charge in [0.15, 0.2) is 0 Å². The first-order valence-electron chi connectivity index (χ1n) is 26.3. The summed E-state index contributed by atoms with van der Waals surface area (Å²) in [7, 11) is 0. The Morgan fingerprint density at radius 2 is 0.640 bits per heavy atom. The third-order valence-corrected chi connectivity index (χ3v) is 15.4. The second-order valence-corrected chi connectivity index (χ2v) is 28.2. The Kier molecular flexibility index (Phi) is 14.5. The molecule has 4 aromatic carbocycles. The predicted octanol–water partition coefficient (Wildman–Crippen LogP) is 18.7. The molecule has 0 amide bonds. The average molecular weight is 1150 g/mol. The molecule has 1 N–H and O–H groups in total. The van der Waals surface area contributed by atoms with Crippen LogP contribution in [0.3, 0.4) is 0 Å². The first kappa shape index (κ1) is 55.8. The van der Waals surface area contributed by atoms with Gasteiger partial charge in [0, 0.05) is 3.57 Å². The van der Waals surface area contributed by atoms with Crippen molar-refractivity contribution in [2.24, 2.45) is 0 Å². The first-order valence-corrected chi connectivity index (χ1v) is 27.4. The maximum Gasteiger partial charge on any atom is 2.00 e. The van der Waals surface area contributed by atoms with Crippen LogP contribution < -0.4 is 9.97 Å². The van der Waals surface area contributed by atoms with Crippen LogP contribution in [0.4, 0.5) is 0 Å². The number of halogens is 1. The number of fused-ring (bicyclic) bond motifs is 8. The molecule has 1 radical (unpaired) electrons. The first-order chi connectivity index (χ1) is 34.2. The molecule has 0 unspecified atom stereocenters. The van der Waals surface area contributed by atoms with Crippen molar-refractivity contribution in [2.45, 2.75) is 157 Å². The third kappa shape index (κ3) is 11.3. The normalized spacial score (nSPS) is 13.4. The zero-order valence-corrected chi connectivity index (χ0v) is 50.6. The Balaban J connectivity index is 0.00000747. The van der Waals surface area contributed by atoms with Crippen molar-refractivity contribution in [2.75, 3.05) is 0 Å². The molecule has 0 atom stereocenters. The summed E-state index contributed by atoms with van der Waals surface area (Å²) in [5, 5.41) is 12.7. The van der Waals surface area contributed by atoms with E-state index in [-0.39, 0.29) is 55.3 Å². The van der Waals surface area contributed by atoms with E-state index < -0.39 is 0 Å². The summed E-state index contributed by atoms with van der Waals surface area (Å²) < 4.78 is 1.15. The zero-order valence-electron chi connectivity index (χ0n) is 47.5. The number of benzene rings is 4. The second-order valence-electron chi connectivity index (χ2n) is 26.9. The molecule has 0 aliphatic carbocycles. The summed E-state index contributed by atoms with van der Waals surface area (Å²) in [6.45, 7) is 40.9. The van der Waals surface area contributed by atoms with Gasteiger partial charge in [-0.15, -0.1) is 16.6 Å². The number of rotatable bonds is 4. The molecule has 391 valence electrons. The minimum atomic E-state index is -0.171. The molecule has 0 fully saturated rings. The van der Waals surface area contributed by atoms with Crippen molar-refractivity contribution < 1.29 is 22.2 Å². The SMILES string of the molecule is CC(C)(C)c1cc(-c2c3nc(c(-c4cc(C(C)(C)C)cc(C(C)(C)C)c4)c4[n-]c(cc4O)c(-c4cc(C(C)(C)C)cc(C(C)(C)C)c4)c4nc(c(-c5ccc(I)cc5)c5ccc2[n-]5)C=C4)C=C3)cc(C(C)(C)C)c1.[Cu+2]. The predicted molar refractivity (Wildman–Crippen MR) is 325 cm³/mol. The smallest absolute Gasteiger partial charge is 0.657 e. The number of aromatic hydroxyl groups is 1. The van der Waals surface area contributed by atoms with E-state index in [1.807, 2.05) is 6.07 Å². The molecule has 2 aliphatic rings. The minimum Gasteiger partial charge on any atom is -0.657 e. The van der Waals surface area contributed by atoms with Crippen LogP contribution in [0.25, 0.3) is 90.9 Å². The fourth-order valence-electron chi connectivity index (χ4n) is 9.86. The monoisotopic (exact) mass is 1150 g/mol. The van der Waals surface area contributed by atoms with Crippen LogP contribution in [0.15, 0.2) is 97.1 Å². The van der Waals surface area contributed by atoms with E-state index in [0.29, 0.717) is 11.0 Å². The molecule has 0 saturated carbocycles. The largest absolute Gasteiger partial charge is 2.00 e. The van der Waals surface area contributed by atoms with Crippen LogP contribution in [0.1, 0.15) is 181 Å². The second kappa shape index (κ2) is 19.5. The number of hydrogen-bond acceptors (Lipinski definition) is 3. The van der Waals surface area contributed by atoms with Crippen LogP contribution in [0.5, 0.6) is 5.75 Å². The Morgan fingerprint density at radius 1 is 0.347 bits per heavy atom. The molecule has 9 rings (SSSR count). The molecular weight excluding hydrogens is 1080 g/mol. The quantitative estimate of drug-likeness (QED) is 0.140. The van der Waals surface area contributed by atoms with Gasteiger partial charge in [0.25, 0.3) is 0 Å². The summed E-state index contributed by atoms with van der Waals surface area (Å²) in [6.07, 6.45) is 8.49. The summed E-state index contributed by atoms with van der Waals surface area (Å²) in [5.41, 5.74) is 19.7. The van der Waals surface area contributed by atoms with Crippen molar-refractivity contribution in [3.63, 3.8) is 0 Å². The van der Waals surface area contributed by atoms with E-state index in [4.69, 9.17) is 19.9 Å². The van der Waals surface area contributed by atoms with E-state index in [9.17, 15) is 5.11 Å². The van der Waals surface area contributed by atoms with E-state index in [1.165, 1.54) is 33.4 Å². The van der Waals surface area contributed by atoms with Crippen molar-refractivity contribution >= 4 is 69.0 Å². The van der Waals surface area contributed by atoms with E-state index >= 15 is 0 Å². The summed E-state index contributed by atoms with van der Waals surface area (Å²) in [6, 6.07) is 35.7. The van der Waals surface area contributed by atoms with Gasteiger partial charge in [-0.05, 0) is 175 Å². The molecule has 5 heterocycles. The Morgan fingerprint density at radius 3 is 0.973 bits per heavy atom. The molecule has 7 heteroatoms. The number of nitrogens with zero attached hydrogens (tertiary/aromatic N) is 4. The number of hydrogen-bond donors (Lipinski definition) is 1.